The summed E-state index contributed by atoms with van der Waals surface area (Å²) >= 11 is 0. The van der Waals surface area contributed by atoms with Gasteiger partial charge >= 0.3 is 0 Å². The van der Waals surface area contributed by atoms with Gasteiger partial charge in [-0.2, -0.15) is 0 Å². The van der Waals surface area contributed by atoms with E-state index in [0.717, 1.165) is 58.1 Å². The molecule has 1 aromatic rings. The molecule has 1 fully saturated rings. The molecule has 0 unspecified atom stereocenters. The van der Waals surface area contributed by atoms with Gasteiger partial charge in [-0.15, -0.1) is 0 Å². The zero-order valence-electron chi connectivity index (χ0n) is 16.8. The van der Waals surface area contributed by atoms with Crippen LogP contribution in [0.2, 0.25) is 0 Å². The number of methoxy groups -OCH3 is 1. The van der Waals surface area contributed by atoms with Crippen LogP contribution in [-0.2, 0) is 14.9 Å². The zero-order chi connectivity index (χ0) is 18.8. The van der Waals surface area contributed by atoms with Crippen molar-refractivity contribution < 1.29 is 9.47 Å². The van der Waals surface area contributed by atoms with Gasteiger partial charge in [0.05, 0.1) is 6.10 Å². The van der Waals surface area contributed by atoms with Crippen molar-refractivity contribution in [2.24, 2.45) is 4.99 Å². The molecule has 1 N–H and O–H groups in total. The third-order valence-corrected chi connectivity index (χ3v) is 5.04. The van der Waals surface area contributed by atoms with Crippen LogP contribution in [0.3, 0.4) is 0 Å². The van der Waals surface area contributed by atoms with E-state index >= 15 is 0 Å². The van der Waals surface area contributed by atoms with Crippen LogP contribution in [0.4, 0.5) is 0 Å². The van der Waals surface area contributed by atoms with E-state index in [-0.39, 0.29) is 5.41 Å². The standard InChI is InChI=1S/C21H35N3O2/c1-21(2,18-9-6-5-7-10-18)17-23-20(22-3)24-13-11-19(12-14-24)26-16-8-15-25-4/h5-7,9-10,19H,8,11-17H2,1-4H3,(H,22,23). The van der Waals surface area contributed by atoms with Crippen LogP contribution in [0.1, 0.15) is 38.7 Å². The number of nitrogens with one attached hydrogen (secondary N) is 1. The lowest BCUT2D eigenvalue weighted by atomic mass is 9.85. The van der Waals surface area contributed by atoms with Gasteiger partial charge in [-0.05, 0) is 24.8 Å². The summed E-state index contributed by atoms with van der Waals surface area (Å²) in [5.74, 6) is 0.992. The first-order chi connectivity index (χ1) is 12.6. The van der Waals surface area contributed by atoms with Gasteiger partial charge in [-0.25, -0.2) is 0 Å². The lowest BCUT2D eigenvalue weighted by molar-refractivity contribution is 0.00987. The van der Waals surface area contributed by atoms with E-state index in [0.29, 0.717) is 6.10 Å². The Morgan fingerprint density at radius 3 is 2.50 bits per heavy atom. The first kappa shape index (κ1) is 20.7. The van der Waals surface area contributed by atoms with E-state index in [1.165, 1.54) is 5.56 Å². The van der Waals surface area contributed by atoms with Crippen LogP contribution in [0, 0.1) is 0 Å². The Hall–Kier alpha value is -1.59. The first-order valence-electron chi connectivity index (χ1n) is 9.68. The van der Waals surface area contributed by atoms with E-state index < -0.39 is 0 Å². The summed E-state index contributed by atoms with van der Waals surface area (Å²) in [5.41, 5.74) is 1.39. The van der Waals surface area contributed by atoms with Crippen LogP contribution >= 0.6 is 0 Å². The fourth-order valence-electron chi connectivity index (χ4n) is 3.31. The summed E-state index contributed by atoms with van der Waals surface area (Å²) in [5, 5.41) is 3.57. The van der Waals surface area contributed by atoms with Gasteiger partial charge in [0, 0.05) is 52.4 Å². The highest BCUT2D eigenvalue weighted by molar-refractivity contribution is 5.80. The number of hydrogen-bond acceptors (Lipinski definition) is 3. The van der Waals surface area contributed by atoms with Crippen molar-refractivity contribution in [1.29, 1.82) is 0 Å². The molecule has 1 aliphatic rings. The number of piperidine rings is 1. The molecule has 1 saturated heterocycles. The molecule has 5 nitrogen and oxygen atoms in total. The Bertz CT molecular complexity index is 537. The Morgan fingerprint density at radius 2 is 1.88 bits per heavy atom. The maximum atomic E-state index is 5.95. The van der Waals surface area contributed by atoms with Crippen molar-refractivity contribution in [3.8, 4) is 0 Å². The number of guanidine groups is 1. The summed E-state index contributed by atoms with van der Waals surface area (Å²) in [6.07, 6.45) is 3.43. The first-order valence-corrected chi connectivity index (χ1v) is 9.68. The molecule has 0 spiro atoms. The Kier molecular flexibility index (Phi) is 8.39. The minimum Gasteiger partial charge on any atom is -0.385 e. The van der Waals surface area contributed by atoms with Gasteiger partial charge in [-0.3, -0.25) is 4.99 Å². The second-order valence-corrected chi connectivity index (χ2v) is 7.55. The summed E-state index contributed by atoms with van der Waals surface area (Å²) in [4.78, 5) is 6.84. The molecule has 0 aliphatic carbocycles. The van der Waals surface area contributed by atoms with Crippen LogP contribution in [0.25, 0.3) is 0 Å². The smallest absolute Gasteiger partial charge is 0.193 e. The number of benzene rings is 1. The zero-order valence-corrected chi connectivity index (χ0v) is 16.8. The Balaban J connectivity index is 1.77. The van der Waals surface area contributed by atoms with E-state index in [1.807, 2.05) is 7.05 Å². The molecule has 0 atom stereocenters. The second kappa shape index (κ2) is 10.5. The molecule has 0 saturated carbocycles. The lowest BCUT2D eigenvalue weighted by Crippen LogP contribution is -2.49. The van der Waals surface area contributed by atoms with Crippen molar-refractivity contribution >= 4 is 5.96 Å². The predicted octanol–water partition coefficient (Wildman–Crippen LogP) is 3.06. The highest BCUT2D eigenvalue weighted by Crippen LogP contribution is 2.22. The highest BCUT2D eigenvalue weighted by atomic mass is 16.5. The third kappa shape index (κ3) is 6.29. The fourth-order valence-corrected chi connectivity index (χ4v) is 3.31. The van der Waals surface area contributed by atoms with Crippen LogP contribution in [0.5, 0.6) is 0 Å². The Labute approximate surface area is 158 Å². The van der Waals surface area contributed by atoms with Crippen molar-refractivity contribution in [2.45, 2.75) is 44.6 Å². The molecule has 26 heavy (non-hydrogen) atoms. The number of hydrogen-bond donors (Lipinski definition) is 1. The van der Waals surface area contributed by atoms with Gasteiger partial charge in [0.25, 0.3) is 0 Å². The fraction of sp³-hybridized carbons (Fsp3) is 0.667. The molecule has 0 radical (unpaired) electrons. The van der Waals surface area contributed by atoms with Crippen LogP contribution in [0.15, 0.2) is 35.3 Å². The van der Waals surface area contributed by atoms with Gasteiger partial charge < -0.3 is 19.7 Å². The summed E-state index contributed by atoms with van der Waals surface area (Å²) < 4.78 is 11.0. The lowest BCUT2D eigenvalue weighted by Gasteiger charge is -2.35. The Morgan fingerprint density at radius 1 is 1.19 bits per heavy atom. The quantitative estimate of drug-likeness (QED) is 0.439. The molecular formula is C21H35N3O2. The molecule has 0 amide bonds. The molecule has 146 valence electrons. The van der Waals surface area contributed by atoms with Crippen molar-refractivity contribution in [2.75, 3.05) is 47.0 Å². The van der Waals surface area contributed by atoms with E-state index in [2.05, 4.69) is 59.4 Å². The number of nitrogens with zero attached hydrogens (tertiary/aromatic N) is 2. The van der Waals surface area contributed by atoms with Crippen molar-refractivity contribution in [3.05, 3.63) is 35.9 Å². The van der Waals surface area contributed by atoms with Crippen LogP contribution < -0.4 is 5.32 Å². The molecule has 1 aromatic carbocycles. The summed E-state index contributed by atoms with van der Waals surface area (Å²) in [6.45, 7) is 8.92. The molecule has 1 heterocycles. The minimum atomic E-state index is 0.0555. The van der Waals surface area contributed by atoms with Gasteiger partial charge in [0.2, 0.25) is 0 Å². The van der Waals surface area contributed by atoms with Crippen molar-refractivity contribution in [3.63, 3.8) is 0 Å². The SMILES string of the molecule is CN=C(NCC(C)(C)c1ccccc1)N1CCC(OCCCOC)CC1. The largest absolute Gasteiger partial charge is 0.385 e. The van der Waals surface area contributed by atoms with Gasteiger partial charge in [-0.1, -0.05) is 44.2 Å². The molecule has 1 aliphatic heterocycles. The van der Waals surface area contributed by atoms with Gasteiger partial charge in [0.15, 0.2) is 5.96 Å². The highest BCUT2D eigenvalue weighted by Gasteiger charge is 2.25. The molecule has 2 rings (SSSR count). The molecular weight excluding hydrogens is 326 g/mol. The average Bonchev–Trinajstić information content (AvgIpc) is 2.67. The maximum absolute atomic E-state index is 5.95. The molecule has 0 bridgehead atoms. The second-order valence-electron chi connectivity index (χ2n) is 7.55. The maximum Gasteiger partial charge on any atom is 0.193 e. The molecule has 5 heteroatoms. The number of ether oxygens (including phenoxy) is 2. The van der Waals surface area contributed by atoms with E-state index in [4.69, 9.17) is 9.47 Å². The minimum absolute atomic E-state index is 0.0555. The topological polar surface area (TPSA) is 46.1 Å². The molecule has 0 aromatic heterocycles. The average molecular weight is 362 g/mol. The monoisotopic (exact) mass is 361 g/mol. The summed E-state index contributed by atoms with van der Waals surface area (Å²) in [7, 11) is 3.60. The third-order valence-electron chi connectivity index (χ3n) is 5.04. The normalized spacial score (nSPS) is 16.8. The van der Waals surface area contributed by atoms with E-state index in [1.54, 1.807) is 7.11 Å². The number of likely N-dealkylation sites (tertiary alicyclic amines) is 1. The summed E-state index contributed by atoms with van der Waals surface area (Å²) in [6, 6.07) is 10.6. The van der Waals surface area contributed by atoms with Crippen LogP contribution in [-0.4, -0.2) is 64.0 Å². The number of rotatable bonds is 8. The number of aliphatic imine (C=N–C) groups is 1. The van der Waals surface area contributed by atoms with Crippen molar-refractivity contribution in [1.82, 2.24) is 10.2 Å². The van der Waals surface area contributed by atoms with Gasteiger partial charge in [0.1, 0.15) is 0 Å². The predicted molar refractivity (Wildman–Crippen MR) is 108 cm³/mol. The van der Waals surface area contributed by atoms with E-state index in [9.17, 15) is 0 Å².